The molecule has 0 aliphatic heterocycles. The molecule has 0 radical (unpaired) electrons. The van der Waals surface area contributed by atoms with Gasteiger partial charge in [0.25, 0.3) is 0 Å². The number of rotatable bonds is 7. The zero-order chi connectivity index (χ0) is 14.5. The number of benzene rings is 1. The van der Waals surface area contributed by atoms with Crippen LogP contribution in [-0.2, 0) is 16.6 Å². The molecule has 4 nitrogen and oxygen atoms in total. The van der Waals surface area contributed by atoms with Crippen LogP contribution in [0.25, 0.3) is 0 Å². The van der Waals surface area contributed by atoms with Crippen molar-refractivity contribution in [1.29, 1.82) is 0 Å². The molecular formula is C13H21FN2O2S. The van der Waals surface area contributed by atoms with E-state index < -0.39 is 15.8 Å². The predicted molar refractivity (Wildman–Crippen MR) is 73.7 cm³/mol. The van der Waals surface area contributed by atoms with Gasteiger partial charge in [0, 0.05) is 18.7 Å². The highest BCUT2D eigenvalue weighted by atomic mass is 32.2. The van der Waals surface area contributed by atoms with Gasteiger partial charge >= 0.3 is 0 Å². The van der Waals surface area contributed by atoms with Crippen molar-refractivity contribution < 1.29 is 12.8 Å². The molecule has 0 saturated carbocycles. The van der Waals surface area contributed by atoms with E-state index in [1.54, 1.807) is 0 Å². The second kappa shape index (κ2) is 6.98. The quantitative estimate of drug-likeness (QED) is 0.754. The van der Waals surface area contributed by atoms with Crippen LogP contribution in [-0.4, -0.2) is 15.0 Å². The van der Waals surface area contributed by atoms with Crippen LogP contribution >= 0.6 is 0 Å². The van der Waals surface area contributed by atoms with E-state index in [9.17, 15) is 12.8 Å². The maximum atomic E-state index is 13.6. The molecule has 0 bridgehead atoms. The van der Waals surface area contributed by atoms with Crippen LogP contribution in [0.2, 0.25) is 0 Å². The van der Waals surface area contributed by atoms with Crippen molar-refractivity contribution in [3.8, 4) is 0 Å². The standard InChI is InChI=1S/C13H21FN2O2S/c1-3-4-5-6-16-19(17,18)12-7-10(2)13(14)11(8-12)9-15/h7-8,16H,3-6,9,15H2,1-2H3. The van der Waals surface area contributed by atoms with Crippen molar-refractivity contribution >= 4 is 10.0 Å². The van der Waals surface area contributed by atoms with Crippen LogP contribution in [0.4, 0.5) is 4.39 Å². The summed E-state index contributed by atoms with van der Waals surface area (Å²) in [6.45, 7) is 3.95. The summed E-state index contributed by atoms with van der Waals surface area (Å²) < 4.78 is 40.2. The van der Waals surface area contributed by atoms with Gasteiger partial charge in [-0.05, 0) is 31.0 Å². The monoisotopic (exact) mass is 288 g/mol. The van der Waals surface area contributed by atoms with Gasteiger partial charge in [-0.3, -0.25) is 0 Å². The third-order valence-corrected chi connectivity index (χ3v) is 4.35. The predicted octanol–water partition coefficient (Wildman–Crippen LogP) is 2.06. The molecule has 0 fully saturated rings. The highest BCUT2D eigenvalue weighted by Gasteiger charge is 2.17. The normalized spacial score (nSPS) is 11.8. The van der Waals surface area contributed by atoms with E-state index in [-0.39, 0.29) is 22.6 Å². The third kappa shape index (κ3) is 4.26. The van der Waals surface area contributed by atoms with Gasteiger partial charge in [-0.1, -0.05) is 19.8 Å². The summed E-state index contributed by atoms with van der Waals surface area (Å²) in [4.78, 5) is 0.0725. The van der Waals surface area contributed by atoms with E-state index in [0.29, 0.717) is 6.54 Å². The van der Waals surface area contributed by atoms with Crippen molar-refractivity contribution in [3.05, 3.63) is 29.1 Å². The van der Waals surface area contributed by atoms with Gasteiger partial charge in [0.05, 0.1) is 4.90 Å². The van der Waals surface area contributed by atoms with Crippen LogP contribution in [0.5, 0.6) is 0 Å². The Morgan fingerprint density at radius 2 is 2.00 bits per heavy atom. The Morgan fingerprint density at radius 3 is 2.58 bits per heavy atom. The molecule has 0 spiro atoms. The van der Waals surface area contributed by atoms with Gasteiger partial charge in [-0.25, -0.2) is 17.5 Å². The summed E-state index contributed by atoms with van der Waals surface area (Å²) in [7, 11) is -3.58. The summed E-state index contributed by atoms with van der Waals surface area (Å²) in [5, 5.41) is 0. The maximum Gasteiger partial charge on any atom is 0.240 e. The first kappa shape index (κ1) is 16.1. The molecule has 108 valence electrons. The Balaban J connectivity index is 2.92. The zero-order valence-electron chi connectivity index (χ0n) is 11.4. The fraction of sp³-hybridized carbons (Fsp3) is 0.538. The molecule has 6 heteroatoms. The van der Waals surface area contributed by atoms with Crippen LogP contribution in [0.3, 0.4) is 0 Å². The molecule has 1 aromatic carbocycles. The number of hydrogen-bond donors (Lipinski definition) is 2. The van der Waals surface area contributed by atoms with Crippen LogP contribution in [0.1, 0.15) is 37.3 Å². The molecule has 3 N–H and O–H groups in total. The second-order valence-electron chi connectivity index (χ2n) is 4.52. The Kier molecular flexibility index (Phi) is 5.90. The number of sulfonamides is 1. The summed E-state index contributed by atoms with van der Waals surface area (Å²) in [5.41, 5.74) is 5.92. The minimum absolute atomic E-state index is 0.0220. The molecule has 0 amide bonds. The number of hydrogen-bond acceptors (Lipinski definition) is 3. The van der Waals surface area contributed by atoms with Gasteiger partial charge in [0.2, 0.25) is 10.0 Å². The van der Waals surface area contributed by atoms with E-state index in [0.717, 1.165) is 19.3 Å². The van der Waals surface area contributed by atoms with Crippen molar-refractivity contribution in [1.82, 2.24) is 4.72 Å². The van der Waals surface area contributed by atoms with E-state index in [2.05, 4.69) is 4.72 Å². The largest absolute Gasteiger partial charge is 0.326 e. The molecule has 0 atom stereocenters. The fourth-order valence-corrected chi connectivity index (χ4v) is 2.98. The molecule has 0 aliphatic carbocycles. The Hall–Kier alpha value is -0.980. The molecule has 0 aliphatic rings. The van der Waals surface area contributed by atoms with Crippen molar-refractivity contribution in [3.63, 3.8) is 0 Å². The second-order valence-corrected chi connectivity index (χ2v) is 6.29. The smallest absolute Gasteiger partial charge is 0.240 e. The number of unbranched alkanes of at least 4 members (excludes halogenated alkanes) is 2. The Bertz CT molecular complexity index is 530. The lowest BCUT2D eigenvalue weighted by atomic mass is 10.1. The number of halogens is 1. The highest BCUT2D eigenvalue weighted by molar-refractivity contribution is 7.89. The van der Waals surface area contributed by atoms with Crippen LogP contribution in [0, 0.1) is 12.7 Å². The number of aryl methyl sites for hydroxylation is 1. The van der Waals surface area contributed by atoms with Gasteiger partial charge in [-0.15, -0.1) is 0 Å². The highest BCUT2D eigenvalue weighted by Crippen LogP contribution is 2.19. The molecule has 1 rings (SSSR count). The minimum atomic E-state index is -3.58. The van der Waals surface area contributed by atoms with Crippen LogP contribution in [0.15, 0.2) is 17.0 Å². The topological polar surface area (TPSA) is 72.2 Å². The average Bonchev–Trinajstić information content (AvgIpc) is 2.37. The molecule has 0 heterocycles. The average molecular weight is 288 g/mol. The van der Waals surface area contributed by atoms with Gasteiger partial charge < -0.3 is 5.73 Å². The minimum Gasteiger partial charge on any atom is -0.326 e. The number of nitrogens with two attached hydrogens (primary N) is 1. The first-order valence-electron chi connectivity index (χ1n) is 6.41. The van der Waals surface area contributed by atoms with E-state index in [1.165, 1.54) is 19.1 Å². The molecule has 19 heavy (non-hydrogen) atoms. The van der Waals surface area contributed by atoms with Crippen LogP contribution < -0.4 is 10.5 Å². The third-order valence-electron chi connectivity index (χ3n) is 2.91. The van der Waals surface area contributed by atoms with E-state index in [4.69, 9.17) is 5.73 Å². The van der Waals surface area contributed by atoms with Crippen molar-refractivity contribution in [2.75, 3.05) is 6.54 Å². The summed E-state index contributed by atoms with van der Waals surface area (Å²) in [6.07, 6.45) is 2.79. The van der Waals surface area contributed by atoms with E-state index in [1.807, 2.05) is 6.92 Å². The summed E-state index contributed by atoms with van der Waals surface area (Å²) in [5.74, 6) is -0.438. The number of nitrogens with one attached hydrogen (secondary N) is 1. The van der Waals surface area contributed by atoms with Gasteiger partial charge in [0.15, 0.2) is 0 Å². The molecule has 0 aromatic heterocycles. The molecule has 0 unspecified atom stereocenters. The first-order valence-corrected chi connectivity index (χ1v) is 7.89. The maximum absolute atomic E-state index is 13.6. The fourth-order valence-electron chi connectivity index (χ4n) is 1.78. The Labute approximate surface area is 114 Å². The molecular weight excluding hydrogens is 267 g/mol. The van der Waals surface area contributed by atoms with E-state index >= 15 is 0 Å². The lowest BCUT2D eigenvalue weighted by Crippen LogP contribution is -2.25. The SMILES string of the molecule is CCCCCNS(=O)(=O)c1cc(C)c(F)c(CN)c1. The van der Waals surface area contributed by atoms with Crippen molar-refractivity contribution in [2.45, 2.75) is 44.6 Å². The van der Waals surface area contributed by atoms with Gasteiger partial charge in [0.1, 0.15) is 5.82 Å². The lowest BCUT2D eigenvalue weighted by molar-refractivity contribution is 0.573. The first-order chi connectivity index (χ1) is 8.92. The Morgan fingerprint density at radius 1 is 1.32 bits per heavy atom. The zero-order valence-corrected chi connectivity index (χ0v) is 12.2. The summed E-state index contributed by atoms with van der Waals surface area (Å²) in [6, 6.07) is 2.63. The van der Waals surface area contributed by atoms with Gasteiger partial charge in [-0.2, -0.15) is 0 Å². The molecule has 0 saturated heterocycles. The summed E-state index contributed by atoms with van der Waals surface area (Å²) >= 11 is 0. The van der Waals surface area contributed by atoms with Crippen molar-refractivity contribution in [2.24, 2.45) is 5.73 Å². The lowest BCUT2D eigenvalue weighted by Gasteiger charge is -2.10. The molecule has 1 aromatic rings.